The number of carbonyl (C=O) groups is 2. The van der Waals surface area contributed by atoms with Crippen LogP contribution in [0.25, 0.3) is 0 Å². The summed E-state index contributed by atoms with van der Waals surface area (Å²) in [5, 5.41) is 0. The van der Waals surface area contributed by atoms with E-state index in [9.17, 15) is 9.59 Å². The van der Waals surface area contributed by atoms with E-state index >= 15 is 0 Å². The zero-order valence-electron chi connectivity index (χ0n) is 19.0. The molecule has 0 spiro atoms. The van der Waals surface area contributed by atoms with Gasteiger partial charge in [-0.3, -0.25) is 9.59 Å². The number of hydrogen-bond acceptors (Lipinski definition) is 6. The molecule has 0 saturated carbocycles. The van der Waals surface area contributed by atoms with Gasteiger partial charge in [-0.2, -0.15) is 0 Å². The van der Waals surface area contributed by atoms with Crippen LogP contribution in [0.2, 0.25) is 0 Å². The Hall–Kier alpha value is -1.96. The quantitative estimate of drug-likeness (QED) is 0.389. The Bertz CT molecular complexity index is 658. The van der Waals surface area contributed by atoms with Gasteiger partial charge in [0, 0.05) is 26.1 Å². The summed E-state index contributed by atoms with van der Waals surface area (Å²) in [5.41, 5.74) is 1.12. The first-order valence-corrected chi connectivity index (χ1v) is 9.81. The van der Waals surface area contributed by atoms with E-state index in [2.05, 4.69) is 45.2 Å². The molecule has 0 fully saturated rings. The lowest BCUT2D eigenvalue weighted by atomic mass is 9.93. The van der Waals surface area contributed by atoms with E-state index in [0.29, 0.717) is 0 Å². The van der Waals surface area contributed by atoms with Gasteiger partial charge in [0.25, 0.3) is 0 Å². The van der Waals surface area contributed by atoms with Gasteiger partial charge < -0.3 is 23.6 Å². The van der Waals surface area contributed by atoms with E-state index in [1.165, 1.54) is 19.6 Å². The minimum atomic E-state index is -1.03. The summed E-state index contributed by atoms with van der Waals surface area (Å²) in [6.45, 7) is 6.20. The van der Waals surface area contributed by atoms with Crippen molar-refractivity contribution in [3.8, 4) is 0 Å². The van der Waals surface area contributed by atoms with Crippen molar-refractivity contribution in [1.82, 2.24) is 4.90 Å². The number of carbonyl (C=O) groups excluding carboxylic acids is 2. The lowest BCUT2D eigenvalue weighted by Crippen LogP contribution is -2.43. The summed E-state index contributed by atoms with van der Waals surface area (Å²) >= 11 is 0. The summed E-state index contributed by atoms with van der Waals surface area (Å²) in [6.07, 6.45) is 0. The van der Waals surface area contributed by atoms with E-state index in [4.69, 9.17) is 14.2 Å². The molecule has 7 heteroatoms. The fourth-order valence-electron chi connectivity index (χ4n) is 2.85. The minimum absolute atomic E-state index is 0.0755. The minimum Gasteiger partial charge on any atom is -0.465 e. The molecular formula is C22H37N2O5+. The van der Waals surface area contributed by atoms with Crippen LogP contribution < -0.4 is 0 Å². The van der Waals surface area contributed by atoms with Crippen molar-refractivity contribution in [3.63, 3.8) is 0 Å². The highest BCUT2D eigenvalue weighted by Crippen LogP contribution is 2.21. The summed E-state index contributed by atoms with van der Waals surface area (Å²) in [5.74, 6) is -0.895. The molecule has 0 N–H and O–H groups in total. The first kappa shape index (κ1) is 25.1. The summed E-state index contributed by atoms with van der Waals surface area (Å²) in [6, 6.07) is 8.11. The average Bonchev–Trinajstić information content (AvgIpc) is 2.64. The van der Waals surface area contributed by atoms with E-state index in [1.807, 2.05) is 12.1 Å². The number of ether oxygens (including phenoxy) is 3. The normalized spacial score (nSPS) is 13.8. The van der Waals surface area contributed by atoms with Gasteiger partial charge in [0.05, 0.1) is 27.2 Å². The highest BCUT2D eigenvalue weighted by Gasteiger charge is 2.36. The van der Waals surface area contributed by atoms with Gasteiger partial charge in [0.2, 0.25) is 0 Å². The highest BCUT2D eigenvalue weighted by molar-refractivity contribution is 5.77. The Balaban J connectivity index is 2.63. The number of rotatable bonds is 12. The van der Waals surface area contributed by atoms with Crippen molar-refractivity contribution in [2.45, 2.75) is 27.0 Å². The van der Waals surface area contributed by atoms with Crippen molar-refractivity contribution < 1.29 is 28.3 Å². The molecular weight excluding hydrogens is 372 g/mol. The third kappa shape index (κ3) is 9.39. The third-order valence-electron chi connectivity index (χ3n) is 4.71. The van der Waals surface area contributed by atoms with E-state index in [-0.39, 0.29) is 19.8 Å². The standard InChI is InChI=1S/C22H37N2O5/c1-18(25)29-17-22(2,16-27-7)21(26)28-15-20-10-8-19(9-11-20)14-24(5,6)13-12-23(3)4/h8-11H,12-17H2,1-7H3/q+1. The maximum Gasteiger partial charge on any atom is 0.317 e. The summed E-state index contributed by atoms with van der Waals surface area (Å²) in [7, 11) is 10.1. The van der Waals surface area contributed by atoms with Gasteiger partial charge >= 0.3 is 11.9 Å². The van der Waals surface area contributed by atoms with Crippen LogP contribution in [0.1, 0.15) is 25.0 Å². The molecule has 164 valence electrons. The van der Waals surface area contributed by atoms with Gasteiger partial charge in [-0.25, -0.2) is 0 Å². The number of methoxy groups -OCH3 is 1. The van der Waals surface area contributed by atoms with Gasteiger partial charge in [-0.1, -0.05) is 24.3 Å². The molecule has 0 aliphatic heterocycles. The fourth-order valence-corrected chi connectivity index (χ4v) is 2.85. The molecule has 29 heavy (non-hydrogen) atoms. The Morgan fingerprint density at radius 1 is 1.03 bits per heavy atom. The number of quaternary nitrogens is 1. The van der Waals surface area contributed by atoms with Gasteiger partial charge in [-0.15, -0.1) is 0 Å². The molecule has 1 aromatic rings. The van der Waals surface area contributed by atoms with Crippen LogP contribution in [-0.2, 0) is 37.0 Å². The lowest BCUT2D eigenvalue weighted by Gasteiger charge is -2.31. The van der Waals surface area contributed by atoms with Crippen LogP contribution in [0.5, 0.6) is 0 Å². The van der Waals surface area contributed by atoms with Crippen LogP contribution in [0.3, 0.4) is 0 Å². The average molecular weight is 410 g/mol. The summed E-state index contributed by atoms with van der Waals surface area (Å²) < 4.78 is 16.5. The second-order valence-corrected chi connectivity index (χ2v) is 8.79. The number of esters is 2. The van der Waals surface area contributed by atoms with Crippen molar-refractivity contribution in [2.75, 3.05) is 61.6 Å². The van der Waals surface area contributed by atoms with Crippen molar-refractivity contribution in [3.05, 3.63) is 35.4 Å². The van der Waals surface area contributed by atoms with Gasteiger partial charge in [-0.05, 0) is 26.6 Å². The Kier molecular flexibility index (Phi) is 9.76. The van der Waals surface area contributed by atoms with Gasteiger partial charge in [0.1, 0.15) is 25.2 Å². The lowest BCUT2D eigenvalue weighted by molar-refractivity contribution is -0.903. The summed E-state index contributed by atoms with van der Waals surface area (Å²) in [4.78, 5) is 25.8. The second kappa shape index (κ2) is 11.3. The molecule has 1 rings (SSSR count). The fraction of sp³-hybridized carbons (Fsp3) is 0.636. The number of nitrogens with zero attached hydrogens (tertiary/aromatic N) is 2. The molecule has 0 saturated heterocycles. The Morgan fingerprint density at radius 3 is 2.14 bits per heavy atom. The van der Waals surface area contributed by atoms with E-state index in [1.54, 1.807) is 6.92 Å². The molecule has 1 unspecified atom stereocenters. The monoisotopic (exact) mass is 409 g/mol. The van der Waals surface area contributed by atoms with Crippen LogP contribution in [-0.4, -0.2) is 82.9 Å². The van der Waals surface area contributed by atoms with Crippen LogP contribution >= 0.6 is 0 Å². The topological polar surface area (TPSA) is 65.1 Å². The number of hydrogen-bond donors (Lipinski definition) is 0. The van der Waals surface area contributed by atoms with E-state index in [0.717, 1.165) is 29.7 Å². The molecule has 1 atom stereocenters. The Labute approximate surface area is 175 Å². The molecule has 7 nitrogen and oxygen atoms in total. The highest BCUT2D eigenvalue weighted by atomic mass is 16.6. The van der Waals surface area contributed by atoms with E-state index < -0.39 is 17.4 Å². The molecule has 0 heterocycles. The molecule has 1 aromatic carbocycles. The second-order valence-electron chi connectivity index (χ2n) is 8.79. The van der Waals surface area contributed by atoms with Crippen LogP contribution in [0, 0.1) is 5.41 Å². The number of benzene rings is 1. The Morgan fingerprint density at radius 2 is 1.62 bits per heavy atom. The SMILES string of the molecule is COCC(C)(COC(C)=O)C(=O)OCc1ccc(C[N+](C)(C)CCN(C)C)cc1. The molecule has 0 aliphatic carbocycles. The molecule has 0 aliphatic rings. The maximum absolute atomic E-state index is 12.5. The molecule has 0 bridgehead atoms. The molecule has 0 amide bonds. The van der Waals surface area contributed by atoms with Crippen molar-refractivity contribution in [1.29, 1.82) is 0 Å². The third-order valence-corrected chi connectivity index (χ3v) is 4.71. The first-order valence-electron chi connectivity index (χ1n) is 9.81. The zero-order valence-corrected chi connectivity index (χ0v) is 19.0. The molecule has 0 radical (unpaired) electrons. The van der Waals surface area contributed by atoms with Crippen LogP contribution in [0.15, 0.2) is 24.3 Å². The maximum atomic E-state index is 12.5. The number of likely N-dealkylation sites (N-methyl/N-ethyl adjacent to an activating group) is 2. The smallest absolute Gasteiger partial charge is 0.317 e. The van der Waals surface area contributed by atoms with Crippen molar-refractivity contribution in [2.24, 2.45) is 5.41 Å². The van der Waals surface area contributed by atoms with Crippen LogP contribution in [0.4, 0.5) is 0 Å². The van der Waals surface area contributed by atoms with Crippen molar-refractivity contribution >= 4 is 11.9 Å². The van der Waals surface area contributed by atoms with Gasteiger partial charge in [0.15, 0.2) is 0 Å². The predicted octanol–water partition coefficient (Wildman–Crippen LogP) is 2.08. The first-order chi connectivity index (χ1) is 13.5. The predicted molar refractivity (Wildman–Crippen MR) is 112 cm³/mol. The molecule has 0 aromatic heterocycles. The zero-order chi connectivity index (χ0) is 22.1. The largest absolute Gasteiger partial charge is 0.465 e.